The molecule has 0 aliphatic rings. The molecule has 1 aromatic heterocycles. The Labute approximate surface area is 129 Å². The fraction of sp³-hybridized carbons (Fsp3) is 0.143. The van der Waals surface area contributed by atoms with E-state index in [9.17, 15) is 4.39 Å². The SMILES string of the molecule is Cc1cc(C)c(C#N)c(Oc2cc(F)c(Cl)cc2Br)n1. The molecule has 0 spiro atoms. The van der Waals surface area contributed by atoms with E-state index in [2.05, 4.69) is 20.9 Å². The van der Waals surface area contributed by atoms with Gasteiger partial charge in [0.2, 0.25) is 5.88 Å². The van der Waals surface area contributed by atoms with Gasteiger partial charge in [-0.3, -0.25) is 0 Å². The van der Waals surface area contributed by atoms with Crippen LogP contribution in [0.4, 0.5) is 4.39 Å². The summed E-state index contributed by atoms with van der Waals surface area (Å²) < 4.78 is 19.5. The molecule has 6 heteroatoms. The highest BCUT2D eigenvalue weighted by Gasteiger charge is 2.14. The number of pyridine rings is 1. The zero-order valence-electron chi connectivity index (χ0n) is 10.7. The lowest BCUT2D eigenvalue weighted by molar-refractivity contribution is 0.452. The van der Waals surface area contributed by atoms with Gasteiger partial charge in [-0.05, 0) is 47.5 Å². The molecule has 20 heavy (non-hydrogen) atoms. The molecule has 0 aliphatic carbocycles. The quantitative estimate of drug-likeness (QED) is 0.718. The fourth-order valence-corrected chi connectivity index (χ4v) is 2.42. The second kappa shape index (κ2) is 5.78. The van der Waals surface area contributed by atoms with Crippen molar-refractivity contribution in [2.75, 3.05) is 0 Å². The first-order valence-electron chi connectivity index (χ1n) is 5.63. The third-order valence-electron chi connectivity index (χ3n) is 2.60. The molecule has 0 bridgehead atoms. The van der Waals surface area contributed by atoms with E-state index in [0.29, 0.717) is 15.7 Å². The first-order valence-corrected chi connectivity index (χ1v) is 6.80. The summed E-state index contributed by atoms with van der Waals surface area (Å²) in [6.45, 7) is 3.58. The van der Waals surface area contributed by atoms with E-state index in [1.165, 1.54) is 6.07 Å². The zero-order chi connectivity index (χ0) is 14.9. The van der Waals surface area contributed by atoms with Crippen LogP contribution in [-0.2, 0) is 0 Å². The van der Waals surface area contributed by atoms with E-state index in [0.717, 1.165) is 11.6 Å². The summed E-state index contributed by atoms with van der Waals surface area (Å²) in [5.74, 6) is -0.249. The van der Waals surface area contributed by atoms with Gasteiger partial charge in [-0.15, -0.1) is 0 Å². The van der Waals surface area contributed by atoms with Gasteiger partial charge in [0.05, 0.1) is 9.50 Å². The lowest BCUT2D eigenvalue weighted by atomic mass is 10.1. The maximum atomic E-state index is 13.5. The van der Waals surface area contributed by atoms with Gasteiger partial charge in [0.1, 0.15) is 23.2 Å². The Morgan fingerprint density at radius 3 is 2.70 bits per heavy atom. The van der Waals surface area contributed by atoms with Crippen LogP contribution in [0.1, 0.15) is 16.8 Å². The minimum absolute atomic E-state index is 0.0156. The maximum Gasteiger partial charge on any atom is 0.237 e. The van der Waals surface area contributed by atoms with Crippen molar-refractivity contribution >= 4 is 27.5 Å². The Morgan fingerprint density at radius 1 is 1.35 bits per heavy atom. The van der Waals surface area contributed by atoms with Gasteiger partial charge in [-0.25, -0.2) is 9.37 Å². The first kappa shape index (κ1) is 14.8. The van der Waals surface area contributed by atoms with Crippen molar-refractivity contribution in [1.82, 2.24) is 4.98 Å². The zero-order valence-corrected chi connectivity index (χ0v) is 13.0. The summed E-state index contributed by atoms with van der Waals surface area (Å²) in [5, 5.41) is 9.14. The van der Waals surface area contributed by atoms with Gasteiger partial charge >= 0.3 is 0 Å². The Bertz CT molecular complexity index is 728. The number of hydrogen-bond acceptors (Lipinski definition) is 3. The van der Waals surface area contributed by atoms with Crippen LogP contribution in [0.15, 0.2) is 22.7 Å². The normalized spacial score (nSPS) is 10.2. The number of nitrogens with zero attached hydrogens (tertiary/aromatic N) is 2. The molecule has 0 amide bonds. The van der Waals surface area contributed by atoms with Crippen LogP contribution >= 0.6 is 27.5 Å². The van der Waals surface area contributed by atoms with Crippen molar-refractivity contribution in [1.29, 1.82) is 5.26 Å². The number of halogens is 3. The number of nitriles is 1. The summed E-state index contributed by atoms with van der Waals surface area (Å²) in [6.07, 6.45) is 0. The van der Waals surface area contributed by atoms with Gasteiger partial charge in [0.25, 0.3) is 0 Å². The molecule has 1 aromatic carbocycles. The van der Waals surface area contributed by atoms with Crippen molar-refractivity contribution < 1.29 is 9.13 Å². The van der Waals surface area contributed by atoms with Crippen molar-refractivity contribution in [3.8, 4) is 17.7 Å². The molecule has 0 fully saturated rings. The molecule has 0 saturated heterocycles. The van der Waals surface area contributed by atoms with E-state index in [-0.39, 0.29) is 16.7 Å². The van der Waals surface area contributed by atoms with E-state index in [1.54, 1.807) is 19.9 Å². The molecule has 3 nitrogen and oxygen atoms in total. The average molecular weight is 356 g/mol. The van der Waals surface area contributed by atoms with Gasteiger partial charge in [-0.2, -0.15) is 5.26 Å². The highest BCUT2D eigenvalue weighted by molar-refractivity contribution is 9.10. The summed E-state index contributed by atoms with van der Waals surface area (Å²) in [5.41, 5.74) is 1.78. The number of benzene rings is 1. The molecule has 2 rings (SSSR count). The number of rotatable bonds is 2. The largest absolute Gasteiger partial charge is 0.436 e. The molecular weight excluding hydrogens is 347 g/mol. The summed E-state index contributed by atoms with van der Waals surface area (Å²) in [7, 11) is 0. The molecule has 102 valence electrons. The van der Waals surface area contributed by atoms with E-state index in [1.807, 2.05) is 6.07 Å². The second-order valence-corrected chi connectivity index (χ2v) is 5.43. The predicted molar refractivity (Wildman–Crippen MR) is 77.6 cm³/mol. The smallest absolute Gasteiger partial charge is 0.237 e. The van der Waals surface area contributed by atoms with Crippen LogP contribution in [0.25, 0.3) is 0 Å². The highest BCUT2D eigenvalue weighted by Crippen LogP contribution is 2.34. The van der Waals surface area contributed by atoms with Crippen LogP contribution in [0.2, 0.25) is 5.02 Å². The van der Waals surface area contributed by atoms with E-state index in [4.69, 9.17) is 21.6 Å². The molecule has 0 radical (unpaired) electrons. The topological polar surface area (TPSA) is 45.9 Å². The molecule has 0 aliphatic heterocycles. The van der Waals surface area contributed by atoms with Crippen LogP contribution < -0.4 is 4.74 Å². The monoisotopic (exact) mass is 354 g/mol. The van der Waals surface area contributed by atoms with Crippen molar-refractivity contribution in [2.24, 2.45) is 0 Å². The van der Waals surface area contributed by atoms with Gasteiger partial charge in [0.15, 0.2) is 0 Å². The Hall–Kier alpha value is -1.64. The highest BCUT2D eigenvalue weighted by atomic mass is 79.9. The van der Waals surface area contributed by atoms with Gasteiger partial charge < -0.3 is 4.74 Å². The summed E-state index contributed by atoms with van der Waals surface area (Å²) in [4.78, 5) is 4.17. The minimum Gasteiger partial charge on any atom is -0.436 e. The lowest BCUT2D eigenvalue weighted by Crippen LogP contribution is -1.98. The molecule has 0 unspecified atom stereocenters. The van der Waals surface area contributed by atoms with E-state index < -0.39 is 5.82 Å². The lowest BCUT2D eigenvalue weighted by Gasteiger charge is -2.11. The summed E-state index contributed by atoms with van der Waals surface area (Å²) in [6, 6.07) is 6.35. The van der Waals surface area contributed by atoms with Crippen molar-refractivity contribution in [2.45, 2.75) is 13.8 Å². The van der Waals surface area contributed by atoms with Crippen molar-refractivity contribution in [3.05, 3.63) is 50.3 Å². The van der Waals surface area contributed by atoms with Crippen molar-refractivity contribution in [3.63, 3.8) is 0 Å². The number of aromatic nitrogens is 1. The first-order chi connectivity index (χ1) is 9.42. The minimum atomic E-state index is -0.604. The standard InChI is InChI=1S/C14H9BrClFN2O/c1-7-3-8(2)19-14(9(7)6-18)20-13-5-12(17)11(16)4-10(13)15/h3-5H,1-2H3. The average Bonchev–Trinajstić information content (AvgIpc) is 2.35. The van der Waals surface area contributed by atoms with Crippen LogP contribution in [0.3, 0.4) is 0 Å². The van der Waals surface area contributed by atoms with Gasteiger partial charge in [0, 0.05) is 11.8 Å². The Balaban J connectivity index is 2.51. The second-order valence-electron chi connectivity index (χ2n) is 4.17. The molecule has 0 saturated carbocycles. The van der Waals surface area contributed by atoms with Crippen LogP contribution in [0.5, 0.6) is 11.6 Å². The Kier molecular flexibility index (Phi) is 4.26. The number of aryl methyl sites for hydroxylation is 2. The Morgan fingerprint density at radius 2 is 2.05 bits per heavy atom. The van der Waals surface area contributed by atoms with Crippen LogP contribution in [-0.4, -0.2) is 4.98 Å². The van der Waals surface area contributed by atoms with Crippen LogP contribution in [0, 0.1) is 31.0 Å². The molecule has 1 heterocycles. The van der Waals surface area contributed by atoms with E-state index >= 15 is 0 Å². The summed E-state index contributed by atoms with van der Waals surface area (Å²) >= 11 is 8.90. The predicted octanol–water partition coefficient (Wildman–Crippen LogP) is 4.92. The van der Waals surface area contributed by atoms with Gasteiger partial charge in [-0.1, -0.05) is 11.6 Å². The molecular formula is C14H9BrClFN2O. The third-order valence-corrected chi connectivity index (χ3v) is 3.51. The molecule has 0 atom stereocenters. The third kappa shape index (κ3) is 2.92. The number of hydrogen-bond donors (Lipinski definition) is 0. The number of ether oxygens (including phenoxy) is 1. The fourth-order valence-electron chi connectivity index (χ4n) is 1.70. The molecule has 0 N–H and O–H groups in total. The maximum absolute atomic E-state index is 13.5. The molecule has 2 aromatic rings.